The van der Waals surface area contributed by atoms with E-state index in [1.54, 1.807) is 18.2 Å². The third-order valence-electron chi connectivity index (χ3n) is 2.55. The van der Waals surface area contributed by atoms with E-state index in [0.717, 1.165) is 12.8 Å². The molecule has 0 fully saturated rings. The maximum absolute atomic E-state index is 11.9. The highest BCUT2D eigenvalue weighted by molar-refractivity contribution is 5.88. The number of hydrogen-bond donors (Lipinski definition) is 1. The van der Waals surface area contributed by atoms with Crippen LogP contribution in [-0.2, 0) is 14.3 Å². The zero-order chi connectivity index (χ0) is 14.8. The molecule has 1 amide bonds. The topological polar surface area (TPSA) is 71.0 Å². The molecule has 0 aromatic carbocycles. The molecule has 0 saturated carbocycles. The van der Waals surface area contributed by atoms with Crippen molar-refractivity contribution in [3.8, 4) is 0 Å². The van der Waals surface area contributed by atoms with Crippen molar-refractivity contribution < 1.29 is 14.3 Å². The van der Waals surface area contributed by atoms with E-state index in [1.807, 2.05) is 21.0 Å². The predicted molar refractivity (Wildman–Crippen MR) is 75.1 cm³/mol. The average Bonchev–Trinajstić information content (AvgIpc) is 2.39. The molecule has 0 aliphatic rings. The van der Waals surface area contributed by atoms with Crippen molar-refractivity contribution in [2.45, 2.75) is 45.2 Å². The van der Waals surface area contributed by atoms with Crippen molar-refractivity contribution >= 4 is 18.2 Å². The number of aliphatic imine (C=N–C) groups is 1. The van der Waals surface area contributed by atoms with E-state index >= 15 is 0 Å². The van der Waals surface area contributed by atoms with Crippen LogP contribution in [0.15, 0.2) is 4.99 Å². The number of esters is 1. The van der Waals surface area contributed by atoms with E-state index in [1.165, 1.54) is 7.11 Å². The fourth-order valence-electron chi connectivity index (χ4n) is 1.39. The molecule has 0 radical (unpaired) electrons. The Morgan fingerprint density at radius 1 is 1.42 bits per heavy atom. The van der Waals surface area contributed by atoms with Gasteiger partial charge in [-0.25, -0.2) is 4.79 Å². The van der Waals surface area contributed by atoms with Crippen LogP contribution in [-0.4, -0.2) is 56.4 Å². The first-order valence-corrected chi connectivity index (χ1v) is 6.50. The highest BCUT2D eigenvalue weighted by Crippen LogP contribution is 2.03. The molecule has 6 nitrogen and oxygen atoms in total. The molecule has 19 heavy (non-hydrogen) atoms. The van der Waals surface area contributed by atoms with Gasteiger partial charge in [-0.15, -0.1) is 0 Å². The Hall–Kier alpha value is -1.59. The molecule has 110 valence electrons. The van der Waals surface area contributed by atoms with Crippen molar-refractivity contribution in [3.63, 3.8) is 0 Å². The van der Waals surface area contributed by atoms with Gasteiger partial charge in [0.1, 0.15) is 12.1 Å². The summed E-state index contributed by atoms with van der Waals surface area (Å²) in [7, 11) is 4.97. The standard InChI is InChI=1S/C13H25N3O3/c1-6-7-8-11(13(18)19-5)15-12(17)10(2)14-9-16(3)4/h9-11H,6-8H2,1-5H3,(H,15,17). The summed E-state index contributed by atoms with van der Waals surface area (Å²) in [4.78, 5) is 29.3. The van der Waals surface area contributed by atoms with Gasteiger partial charge >= 0.3 is 5.97 Å². The lowest BCUT2D eigenvalue weighted by Crippen LogP contribution is -2.45. The van der Waals surface area contributed by atoms with Crippen LogP contribution in [0.25, 0.3) is 0 Å². The molecule has 0 heterocycles. The van der Waals surface area contributed by atoms with Crippen LogP contribution in [0, 0.1) is 0 Å². The van der Waals surface area contributed by atoms with Crippen LogP contribution >= 0.6 is 0 Å². The molecule has 0 aromatic heterocycles. The van der Waals surface area contributed by atoms with Crippen LogP contribution < -0.4 is 5.32 Å². The van der Waals surface area contributed by atoms with Gasteiger partial charge < -0.3 is 15.0 Å². The van der Waals surface area contributed by atoms with Crippen LogP contribution in [0.4, 0.5) is 0 Å². The Morgan fingerprint density at radius 3 is 2.53 bits per heavy atom. The Labute approximate surface area is 115 Å². The minimum atomic E-state index is -0.588. The smallest absolute Gasteiger partial charge is 0.328 e. The molecule has 0 aliphatic carbocycles. The lowest BCUT2D eigenvalue weighted by molar-refractivity contribution is -0.145. The summed E-state index contributed by atoms with van der Waals surface area (Å²) in [5.74, 6) is -0.685. The van der Waals surface area contributed by atoms with Gasteiger partial charge in [0.05, 0.1) is 13.4 Å². The summed E-state index contributed by atoms with van der Waals surface area (Å²) in [6.45, 7) is 3.71. The molecule has 2 atom stereocenters. The largest absolute Gasteiger partial charge is 0.467 e. The number of carbonyl (C=O) groups is 2. The van der Waals surface area contributed by atoms with E-state index in [4.69, 9.17) is 0 Å². The second-order valence-electron chi connectivity index (χ2n) is 4.63. The first-order valence-electron chi connectivity index (χ1n) is 6.50. The number of unbranched alkanes of at least 4 members (excludes halogenated alkanes) is 1. The first-order chi connectivity index (χ1) is 8.92. The molecule has 0 aliphatic heterocycles. The summed E-state index contributed by atoms with van der Waals surface area (Å²) >= 11 is 0. The Morgan fingerprint density at radius 2 is 2.05 bits per heavy atom. The van der Waals surface area contributed by atoms with Crippen LogP contribution in [0.3, 0.4) is 0 Å². The van der Waals surface area contributed by atoms with Gasteiger partial charge in [-0.2, -0.15) is 0 Å². The van der Waals surface area contributed by atoms with Gasteiger partial charge in [-0.1, -0.05) is 19.8 Å². The monoisotopic (exact) mass is 271 g/mol. The van der Waals surface area contributed by atoms with Gasteiger partial charge in [0.15, 0.2) is 0 Å². The first kappa shape index (κ1) is 17.4. The average molecular weight is 271 g/mol. The van der Waals surface area contributed by atoms with Gasteiger partial charge in [0, 0.05) is 14.1 Å². The Bertz CT molecular complexity index is 316. The van der Waals surface area contributed by atoms with E-state index in [-0.39, 0.29) is 5.91 Å². The number of amides is 1. The number of rotatable bonds is 8. The molecular weight excluding hydrogens is 246 g/mol. The molecule has 0 bridgehead atoms. The molecule has 1 N–H and O–H groups in total. The van der Waals surface area contributed by atoms with Crippen molar-refractivity contribution in [2.24, 2.45) is 4.99 Å². The lowest BCUT2D eigenvalue weighted by atomic mass is 10.1. The molecule has 0 aromatic rings. The summed E-state index contributed by atoms with van der Waals surface area (Å²) < 4.78 is 4.69. The van der Waals surface area contributed by atoms with E-state index in [2.05, 4.69) is 15.0 Å². The molecule has 0 rings (SSSR count). The zero-order valence-electron chi connectivity index (χ0n) is 12.5. The summed E-state index contributed by atoms with van der Waals surface area (Å²) in [5.41, 5.74) is 0. The fourth-order valence-corrected chi connectivity index (χ4v) is 1.39. The maximum Gasteiger partial charge on any atom is 0.328 e. The summed E-state index contributed by atoms with van der Waals surface area (Å²) in [5, 5.41) is 2.68. The van der Waals surface area contributed by atoms with Crippen molar-refractivity contribution in [3.05, 3.63) is 0 Å². The molecule has 2 unspecified atom stereocenters. The molecule has 0 saturated heterocycles. The van der Waals surface area contributed by atoms with Crippen molar-refractivity contribution in [1.29, 1.82) is 0 Å². The summed E-state index contributed by atoms with van der Waals surface area (Å²) in [6, 6.07) is -1.12. The van der Waals surface area contributed by atoms with Crippen molar-refractivity contribution in [2.75, 3.05) is 21.2 Å². The second kappa shape index (κ2) is 9.35. The number of hydrogen-bond acceptors (Lipinski definition) is 4. The zero-order valence-corrected chi connectivity index (χ0v) is 12.5. The van der Waals surface area contributed by atoms with E-state index < -0.39 is 18.1 Å². The number of nitrogens with zero attached hydrogens (tertiary/aromatic N) is 2. The van der Waals surface area contributed by atoms with Gasteiger partial charge in [0.2, 0.25) is 5.91 Å². The van der Waals surface area contributed by atoms with Gasteiger partial charge in [-0.05, 0) is 13.3 Å². The minimum Gasteiger partial charge on any atom is -0.467 e. The lowest BCUT2D eigenvalue weighted by Gasteiger charge is -2.17. The third-order valence-corrected chi connectivity index (χ3v) is 2.55. The Balaban J connectivity index is 4.48. The highest BCUT2D eigenvalue weighted by Gasteiger charge is 2.23. The minimum absolute atomic E-state index is 0.274. The van der Waals surface area contributed by atoms with Gasteiger partial charge in [-0.3, -0.25) is 9.79 Å². The van der Waals surface area contributed by atoms with Crippen LogP contribution in [0.5, 0.6) is 0 Å². The number of ether oxygens (including phenoxy) is 1. The van der Waals surface area contributed by atoms with Crippen LogP contribution in [0.2, 0.25) is 0 Å². The molecule has 6 heteroatoms. The normalized spacial score (nSPS) is 13.9. The highest BCUT2D eigenvalue weighted by atomic mass is 16.5. The number of carbonyl (C=O) groups excluding carboxylic acids is 2. The van der Waals surface area contributed by atoms with E-state index in [9.17, 15) is 9.59 Å². The molecular formula is C13H25N3O3. The molecule has 0 spiro atoms. The third kappa shape index (κ3) is 7.43. The fraction of sp³-hybridized carbons (Fsp3) is 0.769. The SMILES string of the molecule is CCCCC(NC(=O)C(C)N=CN(C)C)C(=O)OC. The second-order valence-corrected chi connectivity index (χ2v) is 4.63. The summed E-state index contributed by atoms with van der Waals surface area (Å²) in [6.07, 6.45) is 3.97. The Kier molecular flexibility index (Phi) is 8.57. The van der Waals surface area contributed by atoms with Crippen LogP contribution in [0.1, 0.15) is 33.1 Å². The van der Waals surface area contributed by atoms with Gasteiger partial charge in [0.25, 0.3) is 0 Å². The quantitative estimate of drug-likeness (QED) is 0.403. The predicted octanol–water partition coefficient (Wildman–Crippen LogP) is 0.813. The van der Waals surface area contributed by atoms with E-state index in [0.29, 0.717) is 6.42 Å². The number of methoxy groups -OCH3 is 1. The number of nitrogens with one attached hydrogen (secondary N) is 1. The van der Waals surface area contributed by atoms with Crippen molar-refractivity contribution in [1.82, 2.24) is 10.2 Å². The maximum atomic E-state index is 11.9.